The predicted octanol–water partition coefficient (Wildman–Crippen LogP) is 3.06. The van der Waals surface area contributed by atoms with Crippen molar-refractivity contribution < 1.29 is 0 Å². The van der Waals surface area contributed by atoms with Crippen LogP contribution >= 0.6 is 0 Å². The van der Waals surface area contributed by atoms with E-state index in [0.29, 0.717) is 5.84 Å². The van der Waals surface area contributed by atoms with Gasteiger partial charge in [0.1, 0.15) is 5.84 Å². The smallest absolute Gasteiger partial charge is 0.102 e. The van der Waals surface area contributed by atoms with E-state index in [1.165, 1.54) is 0 Å². The molecule has 0 unspecified atom stereocenters. The normalized spacial score (nSPS) is 13.3. The molecule has 0 heterocycles. The lowest BCUT2D eigenvalue weighted by Gasteiger charge is -2.06. The van der Waals surface area contributed by atoms with Crippen LogP contribution in [0.2, 0.25) is 0 Å². The summed E-state index contributed by atoms with van der Waals surface area (Å²) in [5.41, 5.74) is 7.87. The molecule has 0 aliphatic heterocycles. The van der Waals surface area contributed by atoms with Crippen molar-refractivity contribution in [2.45, 2.75) is 20.8 Å². The molecule has 1 rings (SSSR count). The second kappa shape index (κ2) is 5.35. The maximum atomic E-state index is 5.84. The first kappa shape index (κ1) is 11.5. The Labute approximate surface area is 91.5 Å². The fourth-order valence-corrected chi connectivity index (χ4v) is 1.17. The average molecular weight is 202 g/mol. The van der Waals surface area contributed by atoms with Gasteiger partial charge in [-0.1, -0.05) is 50.3 Å². The fraction of sp³-hybridized carbons (Fsp3) is 0.308. The second-order valence-corrected chi connectivity index (χ2v) is 3.73. The predicted molar refractivity (Wildman–Crippen MR) is 66.6 cm³/mol. The zero-order chi connectivity index (χ0) is 11.3. The number of hydrogen-bond donors (Lipinski definition) is 1. The van der Waals surface area contributed by atoms with Crippen LogP contribution in [0.25, 0.3) is 5.70 Å². The monoisotopic (exact) mass is 202 g/mol. The Kier molecular flexibility index (Phi) is 4.10. The van der Waals surface area contributed by atoms with Gasteiger partial charge in [0.25, 0.3) is 0 Å². The maximum Gasteiger partial charge on any atom is 0.102 e. The largest absolute Gasteiger partial charge is 0.387 e. The molecule has 80 valence electrons. The van der Waals surface area contributed by atoms with Gasteiger partial charge in [-0.3, -0.25) is 0 Å². The summed E-state index contributed by atoms with van der Waals surface area (Å²) in [6.07, 6.45) is 1.98. The molecule has 0 amide bonds. The van der Waals surface area contributed by atoms with Crippen LogP contribution < -0.4 is 5.73 Å². The number of hydrogen-bond acceptors (Lipinski definition) is 1. The van der Waals surface area contributed by atoms with Crippen LogP contribution in [0, 0.1) is 5.92 Å². The first-order valence-corrected chi connectivity index (χ1v) is 5.21. The summed E-state index contributed by atoms with van der Waals surface area (Å²) < 4.78 is 0. The lowest BCUT2D eigenvalue weighted by Crippen LogP contribution is -2.18. The maximum absolute atomic E-state index is 5.84. The minimum Gasteiger partial charge on any atom is -0.387 e. The minimum absolute atomic E-state index is 0.281. The van der Waals surface area contributed by atoms with Gasteiger partial charge in [-0.15, -0.1) is 0 Å². The molecule has 0 radical (unpaired) electrons. The van der Waals surface area contributed by atoms with Crippen molar-refractivity contribution in [2.24, 2.45) is 16.6 Å². The van der Waals surface area contributed by atoms with Crippen LogP contribution in [0.3, 0.4) is 0 Å². The molecule has 15 heavy (non-hydrogen) atoms. The highest BCUT2D eigenvalue weighted by Gasteiger charge is 2.02. The van der Waals surface area contributed by atoms with Crippen LogP contribution in [0.1, 0.15) is 26.3 Å². The molecule has 0 atom stereocenters. The third-order valence-corrected chi connectivity index (χ3v) is 2.18. The number of rotatable bonds is 3. The van der Waals surface area contributed by atoms with E-state index in [1.54, 1.807) is 0 Å². The van der Waals surface area contributed by atoms with Crippen molar-refractivity contribution in [2.75, 3.05) is 0 Å². The Hall–Kier alpha value is -1.57. The summed E-state index contributed by atoms with van der Waals surface area (Å²) in [6.45, 7) is 6.05. The number of benzene rings is 1. The van der Waals surface area contributed by atoms with Gasteiger partial charge in [-0.05, 0) is 12.5 Å². The summed E-state index contributed by atoms with van der Waals surface area (Å²) in [5, 5.41) is 0. The van der Waals surface area contributed by atoms with Gasteiger partial charge in [0, 0.05) is 5.92 Å². The molecule has 2 nitrogen and oxygen atoms in total. The van der Waals surface area contributed by atoms with Gasteiger partial charge in [-0.2, -0.15) is 0 Å². The van der Waals surface area contributed by atoms with E-state index in [1.807, 2.05) is 57.2 Å². The van der Waals surface area contributed by atoms with Crippen LogP contribution in [-0.4, -0.2) is 5.84 Å². The highest BCUT2D eigenvalue weighted by atomic mass is 14.9. The number of nitrogens with zero attached hydrogens (tertiary/aromatic N) is 1. The van der Waals surface area contributed by atoms with Crippen molar-refractivity contribution in [1.29, 1.82) is 0 Å². The van der Waals surface area contributed by atoms with Gasteiger partial charge in [0.05, 0.1) is 5.70 Å². The standard InChI is InChI=1S/C13H18N2/c1-4-12(15-13(14)10(2)3)11-8-6-5-7-9-11/h4-10H,1-3H3,(H2,14,15)/b12-4-. The zero-order valence-corrected chi connectivity index (χ0v) is 9.57. The molecule has 0 saturated heterocycles. The molecule has 0 fully saturated rings. The molecule has 2 heteroatoms. The molecule has 2 N–H and O–H groups in total. The molecule has 0 spiro atoms. The molecule has 1 aromatic rings. The minimum atomic E-state index is 0.281. The third kappa shape index (κ3) is 3.24. The van der Waals surface area contributed by atoms with E-state index < -0.39 is 0 Å². The van der Waals surface area contributed by atoms with E-state index in [4.69, 9.17) is 5.73 Å². The Bertz CT molecular complexity index is 361. The molecule has 0 aliphatic carbocycles. The molecule has 0 saturated carbocycles. The van der Waals surface area contributed by atoms with E-state index in [2.05, 4.69) is 4.99 Å². The van der Waals surface area contributed by atoms with Gasteiger partial charge in [0.2, 0.25) is 0 Å². The van der Waals surface area contributed by atoms with Gasteiger partial charge in [0.15, 0.2) is 0 Å². The highest BCUT2D eigenvalue weighted by Crippen LogP contribution is 2.15. The van der Waals surface area contributed by atoms with Crippen LogP contribution in [-0.2, 0) is 0 Å². The second-order valence-electron chi connectivity index (χ2n) is 3.73. The number of allylic oxidation sites excluding steroid dienone is 1. The summed E-state index contributed by atoms with van der Waals surface area (Å²) in [6, 6.07) is 10.1. The Balaban J connectivity index is 2.98. The van der Waals surface area contributed by atoms with E-state index in [-0.39, 0.29) is 5.92 Å². The molecule has 0 aromatic heterocycles. The van der Waals surface area contributed by atoms with Crippen LogP contribution in [0.15, 0.2) is 41.4 Å². The molecular weight excluding hydrogens is 184 g/mol. The lowest BCUT2D eigenvalue weighted by atomic mass is 10.1. The molecule has 1 aromatic carbocycles. The van der Waals surface area contributed by atoms with Gasteiger partial charge in [-0.25, -0.2) is 4.99 Å². The van der Waals surface area contributed by atoms with Crippen molar-refractivity contribution in [3.63, 3.8) is 0 Å². The first-order valence-electron chi connectivity index (χ1n) is 5.21. The van der Waals surface area contributed by atoms with Crippen molar-refractivity contribution in [1.82, 2.24) is 0 Å². The molecule has 0 aliphatic rings. The fourth-order valence-electron chi connectivity index (χ4n) is 1.17. The van der Waals surface area contributed by atoms with Gasteiger partial charge < -0.3 is 5.73 Å². The number of aliphatic imine (C=N–C) groups is 1. The van der Waals surface area contributed by atoms with E-state index in [0.717, 1.165) is 11.3 Å². The van der Waals surface area contributed by atoms with Crippen molar-refractivity contribution >= 4 is 11.5 Å². The van der Waals surface area contributed by atoms with E-state index >= 15 is 0 Å². The topological polar surface area (TPSA) is 38.4 Å². The Morgan fingerprint density at radius 2 is 1.87 bits per heavy atom. The van der Waals surface area contributed by atoms with Crippen LogP contribution in [0.4, 0.5) is 0 Å². The lowest BCUT2D eigenvalue weighted by molar-refractivity contribution is 0.873. The van der Waals surface area contributed by atoms with Gasteiger partial charge >= 0.3 is 0 Å². The van der Waals surface area contributed by atoms with Crippen molar-refractivity contribution in [3.8, 4) is 0 Å². The Morgan fingerprint density at radius 1 is 1.27 bits per heavy atom. The average Bonchev–Trinajstić information content (AvgIpc) is 2.26. The van der Waals surface area contributed by atoms with Crippen LogP contribution in [0.5, 0.6) is 0 Å². The van der Waals surface area contributed by atoms with E-state index in [9.17, 15) is 0 Å². The number of nitrogens with two attached hydrogens (primary N) is 1. The quantitative estimate of drug-likeness (QED) is 0.593. The SMILES string of the molecule is C/C=C(\N=C(N)C(C)C)c1ccccc1. The summed E-state index contributed by atoms with van der Waals surface area (Å²) in [5.74, 6) is 0.954. The number of amidine groups is 1. The molecular formula is C13H18N2. The van der Waals surface area contributed by atoms with Crippen molar-refractivity contribution in [3.05, 3.63) is 42.0 Å². The summed E-state index contributed by atoms with van der Waals surface area (Å²) in [7, 11) is 0. The summed E-state index contributed by atoms with van der Waals surface area (Å²) >= 11 is 0. The zero-order valence-electron chi connectivity index (χ0n) is 9.57. The highest BCUT2D eigenvalue weighted by molar-refractivity contribution is 5.88. The molecule has 0 bridgehead atoms. The third-order valence-electron chi connectivity index (χ3n) is 2.18. The first-order chi connectivity index (χ1) is 7.15. The summed E-state index contributed by atoms with van der Waals surface area (Å²) in [4.78, 5) is 4.42. The Morgan fingerprint density at radius 3 is 2.33 bits per heavy atom.